The average molecular weight is 375 g/mol. The van der Waals surface area contributed by atoms with Crippen LogP contribution in [-0.4, -0.2) is 30.3 Å². The molecule has 0 radical (unpaired) electrons. The summed E-state index contributed by atoms with van der Waals surface area (Å²) in [5, 5.41) is 8.32. The minimum atomic E-state index is -0.309. The number of ketones is 1. The number of halogens is 1. The predicted octanol–water partition coefficient (Wildman–Crippen LogP) is 4.16. The van der Waals surface area contributed by atoms with E-state index in [0.29, 0.717) is 23.4 Å². The topological polar surface area (TPSA) is 65.6 Å². The van der Waals surface area contributed by atoms with Crippen LogP contribution in [0.25, 0.3) is 22.8 Å². The molecule has 0 unspecified atom stereocenters. The van der Waals surface area contributed by atoms with Crippen LogP contribution in [0.4, 0.5) is 4.39 Å². The Kier molecular flexibility index (Phi) is 4.57. The van der Waals surface area contributed by atoms with E-state index >= 15 is 0 Å². The molecular formula is C21H18FN5O. The summed E-state index contributed by atoms with van der Waals surface area (Å²) in [5.41, 5.74) is 4.45. The Morgan fingerprint density at radius 2 is 1.71 bits per heavy atom. The highest BCUT2D eigenvalue weighted by atomic mass is 19.1. The van der Waals surface area contributed by atoms with Crippen molar-refractivity contribution in [1.82, 2.24) is 24.5 Å². The zero-order valence-corrected chi connectivity index (χ0v) is 15.5. The summed E-state index contributed by atoms with van der Waals surface area (Å²) in [6.07, 6.45) is 4.06. The molecule has 0 amide bonds. The maximum Gasteiger partial charge on any atom is 0.162 e. The van der Waals surface area contributed by atoms with Gasteiger partial charge in [-0.25, -0.2) is 14.1 Å². The van der Waals surface area contributed by atoms with Crippen molar-refractivity contribution in [3.63, 3.8) is 0 Å². The van der Waals surface area contributed by atoms with E-state index in [-0.39, 0.29) is 11.6 Å². The van der Waals surface area contributed by atoms with E-state index < -0.39 is 0 Å². The fraction of sp³-hybridized carbons (Fsp3) is 0.143. The third-order valence-corrected chi connectivity index (χ3v) is 4.54. The second kappa shape index (κ2) is 7.19. The molecule has 0 saturated carbocycles. The zero-order chi connectivity index (χ0) is 19.7. The monoisotopic (exact) mass is 375 g/mol. The molecule has 2 aromatic heterocycles. The number of benzene rings is 2. The zero-order valence-electron chi connectivity index (χ0n) is 15.5. The summed E-state index contributed by atoms with van der Waals surface area (Å²) in [6.45, 7) is 3.70. The summed E-state index contributed by atoms with van der Waals surface area (Å²) in [5.74, 6) is -0.195. The van der Waals surface area contributed by atoms with Crippen molar-refractivity contribution in [2.75, 3.05) is 0 Å². The smallest absolute Gasteiger partial charge is 0.162 e. The van der Waals surface area contributed by atoms with Crippen LogP contribution >= 0.6 is 0 Å². The van der Waals surface area contributed by atoms with Gasteiger partial charge in [-0.15, -0.1) is 5.10 Å². The van der Waals surface area contributed by atoms with Crippen LogP contribution in [0, 0.1) is 12.7 Å². The molecule has 0 saturated heterocycles. The van der Waals surface area contributed by atoms with Crippen LogP contribution in [0.2, 0.25) is 0 Å². The largest absolute Gasteiger partial charge is 0.306 e. The van der Waals surface area contributed by atoms with Gasteiger partial charge in [-0.05, 0) is 55.5 Å². The number of Topliss-reactive ketones (excluding diaryl/α,β-unsaturated/α-hetero) is 1. The van der Waals surface area contributed by atoms with Gasteiger partial charge in [0.15, 0.2) is 5.78 Å². The summed E-state index contributed by atoms with van der Waals surface area (Å²) < 4.78 is 16.8. The lowest BCUT2D eigenvalue weighted by molar-refractivity contribution is 0.0988. The highest BCUT2D eigenvalue weighted by Crippen LogP contribution is 2.24. The SMILES string of the molecule is CCC(=O)c1ccc(-n2cnc(-c3c(C)nnn3-c3ccc(F)cc3)c2)cc1. The number of nitrogens with zero attached hydrogens (tertiary/aromatic N) is 5. The molecule has 2 heterocycles. The Morgan fingerprint density at radius 1 is 1.04 bits per heavy atom. The van der Waals surface area contributed by atoms with Gasteiger partial charge in [0.05, 0.1) is 17.7 Å². The number of hydrogen-bond donors (Lipinski definition) is 0. The number of aryl methyl sites for hydroxylation is 1. The first-order valence-electron chi connectivity index (χ1n) is 8.93. The van der Waals surface area contributed by atoms with Crippen molar-refractivity contribution in [3.05, 3.63) is 78.1 Å². The molecule has 140 valence electrons. The summed E-state index contributed by atoms with van der Waals surface area (Å²) in [6, 6.07) is 13.5. The Morgan fingerprint density at radius 3 is 2.39 bits per heavy atom. The van der Waals surface area contributed by atoms with Gasteiger partial charge in [0.25, 0.3) is 0 Å². The van der Waals surface area contributed by atoms with Crippen molar-refractivity contribution in [2.45, 2.75) is 20.3 Å². The fourth-order valence-electron chi connectivity index (χ4n) is 3.02. The second-order valence-corrected chi connectivity index (χ2v) is 6.40. The van der Waals surface area contributed by atoms with E-state index in [2.05, 4.69) is 15.3 Å². The molecule has 2 aromatic carbocycles. The third-order valence-electron chi connectivity index (χ3n) is 4.54. The van der Waals surface area contributed by atoms with Gasteiger partial charge in [0.1, 0.15) is 17.2 Å². The fourth-order valence-corrected chi connectivity index (χ4v) is 3.02. The molecule has 0 aliphatic carbocycles. The quantitative estimate of drug-likeness (QED) is 0.491. The lowest BCUT2D eigenvalue weighted by atomic mass is 10.1. The van der Waals surface area contributed by atoms with Gasteiger partial charge in [-0.3, -0.25) is 4.79 Å². The standard InChI is InChI=1S/C21H18FN5O/c1-3-20(28)15-4-8-17(9-5-15)26-12-19(23-13-26)21-14(2)24-25-27(21)18-10-6-16(22)7-11-18/h4-13H,3H2,1-2H3. The Bertz CT molecular complexity index is 1130. The number of hydrogen-bond acceptors (Lipinski definition) is 4. The van der Waals surface area contributed by atoms with Crippen LogP contribution in [0.1, 0.15) is 29.4 Å². The molecule has 28 heavy (non-hydrogen) atoms. The summed E-state index contributed by atoms with van der Waals surface area (Å²) in [4.78, 5) is 16.3. The van der Waals surface area contributed by atoms with Crippen LogP contribution in [-0.2, 0) is 0 Å². The van der Waals surface area contributed by atoms with E-state index in [1.165, 1.54) is 12.1 Å². The minimum absolute atomic E-state index is 0.114. The number of imidazole rings is 1. The summed E-state index contributed by atoms with van der Waals surface area (Å²) in [7, 11) is 0. The molecule has 0 aliphatic heterocycles. The van der Waals surface area contributed by atoms with Crippen LogP contribution in [0.3, 0.4) is 0 Å². The Labute approximate surface area is 161 Å². The normalized spacial score (nSPS) is 11.0. The van der Waals surface area contributed by atoms with Crippen LogP contribution in [0.15, 0.2) is 61.1 Å². The maximum atomic E-state index is 13.2. The molecule has 4 aromatic rings. The number of aromatic nitrogens is 5. The van der Waals surface area contributed by atoms with Gasteiger partial charge < -0.3 is 4.57 Å². The predicted molar refractivity (Wildman–Crippen MR) is 103 cm³/mol. The van der Waals surface area contributed by atoms with Gasteiger partial charge in [-0.1, -0.05) is 12.1 Å². The van der Waals surface area contributed by atoms with Crippen LogP contribution in [0.5, 0.6) is 0 Å². The first-order chi connectivity index (χ1) is 13.6. The highest BCUT2D eigenvalue weighted by molar-refractivity contribution is 5.95. The van der Waals surface area contributed by atoms with E-state index in [0.717, 1.165) is 17.1 Å². The molecule has 0 N–H and O–H groups in total. The lowest BCUT2D eigenvalue weighted by Gasteiger charge is -2.05. The number of carbonyl (C=O) groups is 1. The van der Waals surface area contributed by atoms with E-state index in [4.69, 9.17) is 0 Å². The Balaban J connectivity index is 1.69. The van der Waals surface area contributed by atoms with Gasteiger partial charge in [0, 0.05) is 23.9 Å². The van der Waals surface area contributed by atoms with Crippen molar-refractivity contribution in [3.8, 4) is 22.8 Å². The molecule has 4 rings (SSSR count). The first-order valence-corrected chi connectivity index (χ1v) is 8.93. The molecular weight excluding hydrogens is 357 g/mol. The highest BCUT2D eigenvalue weighted by Gasteiger charge is 2.16. The maximum absolute atomic E-state index is 13.2. The molecule has 0 bridgehead atoms. The van der Waals surface area contributed by atoms with Crippen LogP contribution < -0.4 is 0 Å². The van der Waals surface area contributed by atoms with Gasteiger partial charge >= 0.3 is 0 Å². The Hall–Kier alpha value is -3.61. The molecule has 0 aliphatic rings. The van der Waals surface area contributed by atoms with E-state index in [1.54, 1.807) is 23.1 Å². The number of rotatable bonds is 5. The lowest BCUT2D eigenvalue weighted by Crippen LogP contribution is -2.00. The molecule has 0 spiro atoms. The van der Waals surface area contributed by atoms with Gasteiger partial charge in [0.2, 0.25) is 0 Å². The average Bonchev–Trinajstić information content (AvgIpc) is 3.35. The van der Waals surface area contributed by atoms with Gasteiger partial charge in [-0.2, -0.15) is 0 Å². The third kappa shape index (κ3) is 3.22. The number of carbonyl (C=O) groups excluding carboxylic acids is 1. The molecule has 0 fully saturated rings. The molecule has 7 heteroatoms. The van der Waals surface area contributed by atoms with Crippen molar-refractivity contribution < 1.29 is 9.18 Å². The summed E-state index contributed by atoms with van der Waals surface area (Å²) >= 11 is 0. The van der Waals surface area contributed by atoms with Crippen molar-refractivity contribution in [1.29, 1.82) is 0 Å². The second-order valence-electron chi connectivity index (χ2n) is 6.40. The molecule has 0 atom stereocenters. The van der Waals surface area contributed by atoms with Crippen molar-refractivity contribution >= 4 is 5.78 Å². The first kappa shape index (κ1) is 17.8. The van der Waals surface area contributed by atoms with E-state index in [9.17, 15) is 9.18 Å². The van der Waals surface area contributed by atoms with Crippen molar-refractivity contribution in [2.24, 2.45) is 0 Å². The molecule has 6 nitrogen and oxygen atoms in total. The van der Waals surface area contributed by atoms with E-state index in [1.807, 2.05) is 48.9 Å². The minimum Gasteiger partial charge on any atom is -0.306 e.